The van der Waals surface area contributed by atoms with Crippen molar-refractivity contribution in [1.29, 1.82) is 0 Å². The zero-order chi connectivity index (χ0) is 41.2. The molecule has 0 spiro atoms. The van der Waals surface area contributed by atoms with Gasteiger partial charge in [-0.15, -0.1) is 16.9 Å². The number of β-lactam (4-membered cyclic amide) rings is 1. The molecule has 300 valence electrons. The number of urea groups is 1. The van der Waals surface area contributed by atoms with Crippen LogP contribution in [-0.4, -0.2) is 113 Å². The highest BCUT2D eigenvalue weighted by atomic mass is 32.2. The molecule has 4 heterocycles. The van der Waals surface area contributed by atoms with E-state index >= 15 is 0 Å². The van der Waals surface area contributed by atoms with E-state index in [1.54, 1.807) is 0 Å². The maximum Gasteiger partial charge on any atom is 0.352 e. The Morgan fingerprint density at radius 2 is 1.77 bits per heavy atom. The van der Waals surface area contributed by atoms with Crippen molar-refractivity contribution < 1.29 is 50.8 Å². The molecular weight excluding hydrogens is 837 g/mol. The summed E-state index contributed by atoms with van der Waals surface area (Å²) in [6, 6.07) is 6.58. The third-order valence-corrected chi connectivity index (χ3v) is 11.8. The van der Waals surface area contributed by atoms with E-state index in [0.717, 1.165) is 39.3 Å². The Labute approximate surface area is 328 Å². The van der Waals surface area contributed by atoms with Crippen molar-refractivity contribution in [2.45, 2.75) is 33.4 Å². The number of sulfonamides is 1. The molecule has 0 radical (unpaired) electrons. The summed E-state index contributed by atoms with van der Waals surface area (Å²) >= 11 is 2.00. The Hall–Kier alpha value is -6.07. The lowest BCUT2D eigenvalue weighted by Gasteiger charge is -2.49. The fraction of sp³-hybridized carbons (Fsp3) is 0.207. The third kappa shape index (κ3) is 9.49. The minimum atomic E-state index is -4.49. The number of aromatic nitrogens is 6. The number of nitrogens with two attached hydrogens (primary N) is 1. The summed E-state index contributed by atoms with van der Waals surface area (Å²) in [5.41, 5.74) is -0.754. The first-order valence-electron chi connectivity index (χ1n) is 15.8. The van der Waals surface area contributed by atoms with E-state index < -0.39 is 72.8 Å². The Morgan fingerprint density at radius 3 is 2.40 bits per heavy atom. The number of nitrogens with one attached hydrogen (secondary N) is 5. The number of tetrazole rings is 1. The number of phenols is 1. The number of carbonyl (C=O) groups excluding carboxylic acids is 3. The van der Waals surface area contributed by atoms with Crippen LogP contribution >= 0.6 is 23.5 Å². The number of amides is 4. The average Bonchev–Trinajstić information content (AvgIpc) is 3.57. The summed E-state index contributed by atoms with van der Waals surface area (Å²) in [4.78, 5) is 72.7. The molecule has 24 nitrogen and oxygen atoms in total. The lowest BCUT2D eigenvalue weighted by molar-refractivity contribution is -0.150. The van der Waals surface area contributed by atoms with Crippen LogP contribution in [0.2, 0.25) is 0 Å². The zero-order valence-corrected chi connectivity index (χ0v) is 31.7. The normalized spacial score (nSPS) is 17.2. The summed E-state index contributed by atoms with van der Waals surface area (Å²) in [6.07, 6.45) is 1.01. The molecule has 2 aliphatic rings. The van der Waals surface area contributed by atoms with Gasteiger partial charge in [0.15, 0.2) is 5.88 Å². The standard InChI is InChI=1S/C29H28N12O12S4/c30-57(52,53)17-7-3-15(4-8-17)32-27-31-9-18(22(43)36-27)33-28(48)35-19(13-1-5-16(42)6-2-13)23(44)34-20-24(45)41-21(26(46)47)14(10-54-25(20)41)11-55-29-37-38-39-40(29)12-56(49,50)51/h1-9,19-20,25,42H,10-12H2,(H,34,44)(H,46,47)(H2,30,52,53)(H2,33,35,48)(H,49,50,51)(H2,31,32,36,43)/t19?,20?,25-/m0/s1. The topological polar surface area (TPSA) is 364 Å². The van der Waals surface area contributed by atoms with Gasteiger partial charge in [0.2, 0.25) is 27.0 Å². The van der Waals surface area contributed by atoms with Crippen LogP contribution in [-0.2, 0) is 40.4 Å². The van der Waals surface area contributed by atoms with Gasteiger partial charge in [-0.2, -0.15) is 8.42 Å². The number of rotatable bonds is 14. The van der Waals surface area contributed by atoms with Crippen molar-refractivity contribution in [3.8, 4) is 5.75 Å². The number of carbonyl (C=O) groups is 4. The van der Waals surface area contributed by atoms with E-state index in [1.807, 2.05) is 0 Å². The van der Waals surface area contributed by atoms with E-state index in [-0.39, 0.29) is 55.8 Å². The minimum Gasteiger partial charge on any atom is -0.508 e. The largest absolute Gasteiger partial charge is 0.508 e. The number of primary sulfonamides is 1. The molecule has 0 saturated carbocycles. The zero-order valence-electron chi connectivity index (χ0n) is 28.5. The Bertz CT molecular complexity index is 2570. The second-order valence-corrected chi connectivity index (χ2v) is 16.9. The van der Waals surface area contributed by atoms with E-state index in [1.165, 1.54) is 48.5 Å². The number of carboxylic acids is 1. The van der Waals surface area contributed by atoms with Gasteiger partial charge in [0, 0.05) is 17.2 Å². The van der Waals surface area contributed by atoms with Crippen molar-refractivity contribution in [3.63, 3.8) is 0 Å². The molecule has 1 fully saturated rings. The molecular formula is C29H28N12O12S4. The van der Waals surface area contributed by atoms with Gasteiger partial charge in [-0.1, -0.05) is 23.9 Å². The molecule has 2 aliphatic heterocycles. The molecule has 4 aromatic rings. The first-order chi connectivity index (χ1) is 26.9. The van der Waals surface area contributed by atoms with Gasteiger partial charge in [0.1, 0.15) is 34.6 Å². The highest BCUT2D eigenvalue weighted by molar-refractivity contribution is 8.01. The van der Waals surface area contributed by atoms with Crippen LogP contribution in [0.15, 0.2) is 80.8 Å². The van der Waals surface area contributed by atoms with Crippen molar-refractivity contribution in [1.82, 2.24) is 45.7 Å². The second-order valence-electron chi connectivity index (χ2n) is 11.9. The smallest absolute Gasteiger partial charge is 0.352 e. The number of aromatic hydroxyl groups is 1. The molecule has 2 aromatic heterocycles. The molecule has 3 atom stereocenters. The van der Waals surface area contributed by atoms with Crippen LogP contribution in [0.5, 0.6) is 5.75 Å². The summed E-state index contributed by atoms with van der Waals surface area (Å²) in [7, 11) is -8.42. The van der Waals surface area contributed by atoms with Crippen molar-refractivity contribution in [2.24, 2.45) is 5.14 Å². The summed E-state index contributed by atoms with van der Waals surface area (Å²) in [6.45, 7) is 0. The second kappa shape index (κ2) is 16.2. The number of hydrogen-bond donors (Lipinski definition) is 9. The number of H-pyrrole nitrogens is 1. The average molecular weight is 865 g/mol. The highest BCUT2D eigenvalue weighted by Gasteiger charge is 2.54. The molecule has 10 N–H and O–H groups in total. The first kappa shape index (κ1) is 40.6. The lowest BCUT2D eigenvalue weighted by Crippen LogP contribution is -2.71. The number of aliphatic carboxylic acids is 1. The van der Waals surface area contributed by atoms with Crippen LogP contribution < -0.4 is 32.0 Å². The minimum absolute atomic E-state index is 0.0450. The van der Waals surface area contributed by atoms with Crippen LogP contribution in [0.3, 0.4) is 0 Å². The number of hydrogen-bond acceptors (Lipinski definition) is 17. The number of benzene rings is 2. The van der Waals surface area contributed by atoms with Crippen LogP contribution in [0.4, 0.5) is 22.1 Å². The summed E-state index contributed by atoms with van der Waals surface area (Å²) in [5.74, 6) is -4.30. The predicted octanol–water partition coefficient (Wildman–Crippen LogP) is -0.908. The molecule has 0 bridgehead atoms. The van der Waals surface area contributed by atoms with Gasteiger partial charge in [0.05, 0.1) is 11.1 Å². The van der Waals surface area contributed by atoms with Crippen molar-refractivity contribution >= 4 is 84.8 Å². The number of phenolic OH excluding ortho intramolecular Hbond substituents is 1. The van der Waals surface area contributed by atoms with Gasteiger partial charge in [-0.25, -0.2) is 32.8 Å². The fourth-order valence-corrected chi connectivity index (χ4v) is 8.83. The van der Waals surface area contributed by atoms with Crippen LogP contribution in [0.1, 0.15) is 11.6 Å². The molecule has 57 heavy (non-hydrogen) atoms. The molecule has 1 saturated heterocycles. The fourth-order valence-electron chi connectivity index (χ4n) is 5.39. The molecule has 6 rings (SSSR count). The Balaban J connectivity index is 1.12. The van der Waals surface area contributed by atoms with Gasteiger partial charge >= 0.3 is 12.0 Å². The first-order valence-corrected chi connectivity index (χ1v) is 21.0. The number of anilines is 3. The molecule has 2 aromatic carbocycles. The SMILES string of the molecule is NS(=O)(=O)c1ccc(Nc2ncc(NC(=O)NC(C(=O)NC3C(=O)N4C(C(=O)O)=C(CSc5nnnn5CS(=O)(=O)O)CS[C@@H]34)c3ccc(O)cc3)c(=O)[nH]2)cc1. The molecule has 2 unspecified atom stereocenters. The quantitative estimate of drug-likeness (QED) is 0.0421. The maximum absolute atomic E-state index is 13.7. The number of thioether (sulfide) groups is 2. The molecule has 4 amide bonds. The number of carboxylic acid groups (broad SMARTS) is 1. The van der Waals surface area contributed by atoms with Gasteiger partial charge in [-0.05, 0) is 58.0 Å². The van der Waals surface area contributed by atoms with Crippen molar-refractivity contribution in [3.05, 3.63) is 81.9 Å². The van der Waals surface area contributed by atoms with Crippen LogP contribution in [0, 0.1) is 0 Å². The number of nitrogens with zero attached hydrogens (tertiary/aromatic N) is 6. The molecule has 28 heteroatoms. The number of aromatic amines is 1. The van der Waals surface area contributed by atoms with E-state index in [0.29, 0.717) is 5.69 Å². The van der Waals surface area contributed by atoms with Gasteiger partial charge in [0.25, 0.3) is 21.6 Å². The maximum atomic E-state index is 13.7. The lowest BCUT2D eigenvalue weighted by atomic mass is 10.0. The van der Waals surface area contributed by atoms with E-state index in [9.17, 15) is 51.0 Å². The van der Waals surface area contributed by atoms with Crippen molar-refractivity contribution in [2.75, 3.05) is 22.1 Å². The van der Waals surface area contributed by atoms with E-state index in [2.05, 4.69) is 46.8 Å². The van der Waals surface area contributed by atoms with Gasteiger partial charge in [-0.3, -0.25) is 28.8 Å². The Kier molecular flexibility index (Phi) is 11.5. The Morgan fingerprint density at radius 1 is 1.07 bits per heavy atom. The highest BCUT2D eigenvalue weighted by Crippen LogP contribution is 2.41. The summed E-state index contributed by atoms with van der Waals surface area (Å²) in [5, 5.41) is 44.6. The van der Waals surface area contributed by atoms with Crippen LogP contribution in [0.25, 0.3) is 0 Å². The predicted molar refractivity (Wildman–Crippen MR) is 199 cm³/mol. The summed E-state index contributed by atoms with van der Waals surface area (Å²) < 4.78 is 55.5. The molecule has 0 aliphatic carbocycles. The van der Waals surface area contributed by atoms with Gasteiger partial charge < -0.3 is 31.5 Å². The monoisotopic (exact) mass is 864 g/mol. The van der Waals surface area contributed by atoms with E-state index in [4.69, 9.17) is 9.69 Å². The number of fused-ring (bicyclic) bond motifs is 1. The third-order valence-electron chi connectivity index (χ3n) is 7.96.